The average Bonchev–Trinajstić information content (AvgIpc) is 2.45. The molecule has 2 amide bonds. The van der Waals surface area contributed by atoms with Crippen LogP contribution in [0.5, 0.6) is 0 Å². The molecule has 0 fully saturated rings. The maximum atomic E-state index is 12.1. The Morgan fingerprint density at radius 2 is 1.86 bits per heavy atom. The zero-order chi connectivity index (χ0) is 15.8. The van der Waals surface area contributed by atoms with Gasteiger partial charge in [0.2, 0.25) is 5.91 Å². The van der Waals surface area contributed by atoms with Crippen LogP contribution in [0.1, 0.15) is 30.6 Å². The Morgan fingerprint density at radius 3 is 2.38 bits per heavy atom. The van der Waals surface area contributed by atoms with Crippen molar-refractivity contribution in [1.29, 1.82) is 0 Å². The molecule has 0 saturated heterocycles. The minimum Gasteiger partial charge on any atom is -0.396 e. The van der Waals surface area contributed by atoms with Gasteiger partial charge in [0.25, 0.3) is 5.91 Å². The topological polar surface area (TPSA) is 78.4 Å². The van der Waals surface area contributed by atoms with Gasteiger partial charge in [-0.3, -0.25) is 9.59 Å². The van der Waals surface area contributed by atoms with Crippen molar-refractivity contribution in [3.05, 3.63) is 34.9 Å². The van der Waals surface area contributed by atoms with E-state index < -0.39 is 6.04 Å². The van der Waals surface area contributed by atoms with Crippen LogP contribution in [0.25, 0.3) is 0 Å². The number of hydrogen-bond donors (Lipinski definition) is 3. The molecule has 116 valence electrons. The molecule has 0 heterocycles. The molecule has 1 aromatic rings. The lowest BCUT2D eigenvalue weighted by Crippen LogP contribution is -2.49. The van der Waals surface area contributed by atoms with Crippen LogP contribution in [-0.4, -0.2) is 36.1 Å². The molecule has 0 aliphatic rings. The molecule has 1 rings (SSSR count). The average molecular weight is 313 g/mol. The Morgan fingerprint density at radius 1 is 1.24 bits per heavy atom. The van der Waals surface area contributed by atoms with Crippen molar-refractivity contribution in [2.24, 2.45) is 5.92 Å². The number of benzene rings is 1. The van der Waals surface area contributed by atoms with Crippen molar-refractivity contribution >= 4 is 23.4 Å². The molecule has 21 heavy (non-hydrogen) atoms. The molecule has 1 aromatic carbocycles. The molecule has 0 saturated carbocycles. The van der Waals surface area contributed by atoms with E-state index in [1.54, 1.807) is 24.3 Å². The normalized spacial score (nSPS) is 12.0. The van der Waals surface area contributed by atoms with Gasteiger partial charge < -0.3 is 15.7 Å². The first kappa shape index (κ1) is 17.5. The second-order valence-corrected chi connectivity index (χ2v) is 5.51. The van der Waals surface area contributed by atoms with Crippen LogP contribution >= 0.6 is 11.6 Å². The molecule has 0 radical (unpaired) electrons. The maximum Gasteiger partial charge on any atom is 0.251 e. The van der Waals surface area contributed by atoms with E-state index in [1.165, 1.54) is 0 Å². The molecule has 6 heteroatoms. The number of rotatable bonds is 7. The van der Waals surface area contributed by atoms with Crippen molar-refractivity contribution in [2.75, 3.05) is 13.2 Å². The quantitative estimate of drug-likeness (QED) is 0.669. The van der Waals surface area contributed by atoms with Gasteiger partial charge >= 0.3 is 0 Å². The highest BCUT2D eigenvalue weighted by Crippen LogP contribution is 2.10. The molecule has 1 unspecified atom stereocenters. The number of amides is 2. The first-order valence-electron chi connectivity index (χ1n) is 6.90. The van der Waals surface area contributed by atoms with E-state index in [0.29, 0.717) is 23.6 Å². The highest BCUT2D eigenvalue weighted by Gasteiger charge is 2.24. The fraction of sp³-hybridized carbons (Fsp3) is 0.467. The number of carbonyl (C=O) groups excluding carboxylic acids is 2. The molecular formula is C15H21ClN2O3. The van der Waals surface area contributed by atoms with Gasteiger partial charge in [0.15, 0.2) is 0 Å². The number of nitrogens with one attached hydrogen (secondary N) is 2. The minimum absolute atomic E-state index is 0.0176. The monoisotopic (exact) mass is 312 g/mol. The number of aliphatic hydroxyl groups excluding tert-OH is 1. The lowest BCUT2D eigenvalue weighted by atomic mass is 10.0. The van der Waals surface area contributed by atoms with Gasteiger partial charge in [-0.25, -0.2) is 0 Å². The Balaban J connectivity index is 2.67. The summed E-state index contributed by atoms with van der Waals surface area (Å²) in [4.78, 5) is 24.2. The summed E-state index contributed by atoms with van der Waals surface area (Å²) in [6.45, 7) is 4.12. The molecule has 1 atom stereocenters. The summed E-state index contributed by atoms with van der Waals surface area (Å²) < 4.78 is 0. The lowest BCUT2D eigenvalue weighted by Gasteiger charge is -2.21. The van der Waals surface area contributed by atoms with Crippen LogP contribution < -0.4 is 10.6 Å². The molecule has 0 spiro atoms. The zero-order valence-corrected chi connectivity index (χ0v) is 13.0. The van der Waals surface area contributed by atoms with Crippen molar-refractivity contribution in [1.82, 2.24) is 10.6 Å². The molecular weight excluding hydrogens is 292 g/mol. The van der Waals surface area contributed by atoms with Crippen molar-refractivity contribution < 1.29 is 14.7 Å². The summed E-state index contributed by atoms with van der Waals surface area (Å²) in [7, 11) is 0. The van der Waals surface area contributed by atoms with Gasteiger partial charge in [0, 0.05) is 23.7 Å². The van der Waals surface area contributed by atoms with Crippen LogP contribution in [0.3, 0.4) is 0 Å². The highest BCUT2D eigenvalue weighted by molar-refractivity contribution is 6.30. The summed E-state index contributed by atoms with van der Waals surface area (Å²) in [5.41, 5.74) is 0.452. The Hall–Kier alpha value is -1.59. The highest BCUT2D eigenvalue weighted by atomic mass is 35.5. The first-order chi connectivity index (χ1) is 9.95. The van der Waals surface area contributed by atoms with E-state index in [0.717, 1.165) is 0 Å². The second kappa shape index (κ2) is 8.64. The Bertz CT molecular complexity index is 474. The zero-order valence-electron chi connectivity index (χ0n) is 12.2. The summed E-state index contributed by atoms with van der Waals surface area (Å²) in [5, 5.41) is 14.7. The summed E-state index contributed by atoms with van der Waals surface area (Å²) >= 11 is 5.78. The smallest absolute Gasteiger partial charge is 0.251 e. The third kappa shape index (κ3) is 5.73. The number of aliphatic hydroxyl groups is 1. The summed E-state index contributed by atoms with van der Waals surface area (Å²) in [6.07, 6.45) is 0.488. The third-order valence-corrected chi connectivity index (χ3v) is 3.23. The van der Waals surface area contributed by atoms with Gasteiger partial charge in [0.05, 0.1) is 0 Å². The van der Waals surface area contributed by atoms with Crippen LogP contribution in [0.4, 0.5) is 0 Å². The van der Waals surface area contributed by atoms with E-state index in [9.17, 15) is 9.59 Å². The molecule has 0 aromatic heterocycles. The van der Waals surface area contributed by atoms with Crippen molar-refractivity contribution in [3.8, 4) is 0 Å². The second-order valence-electron chi connectivity index (χ2n) is 5.07. The molecule has 0 aliphatic heterocycles. The van der Waals surface area contributed by atoms with Crippen LogP contribution in [0, 0.1) is 5.92 Å². The van der Waals surface area contributed by atoms with Gasteiger partial charge in [-0.05, 0) is 36.6 Å². The number of halogens is 1. The van der Waals surface area contributed by atoms with Crippen molar-refractivity contribution in [2.45, 2.75) is 26.3 Å². The molecule has 0 aliphatic carbocycles. The van der Waals surface area contributed by atoms with Crippen molar-refractivity contribution in [3.63, 3.8) is 0 Å². The van der Waals surface area contributed by atoms with E-state index >= 15 is 0 Å². The predicted octanol–water partition coefficient (Wildman–Crippen LogP) is 1.59. The predicted molar refractivity (Wildman–Crippen MR) is 82.3 cm³/mol. The van der Waals surface area contributed by atoms with E-state index in [1.807, 2.05) is 13.8 Å². The minimum atomic E-state index is -0.619. The van der Waals surface area contributed by atoms with Gasteiger partial charge in [-0.1, -0.05) is 25.4 Å². The Kier molecular flexibility index (Phi) is 7.19. The molecule has 5 nitrogen and oxygen atoms in total. The molecule has 0 bridgehead atoms. The van der Waals surface area contributed by atoms with Gasteiger partial charge in [-0.15, -0.1) is 0 Å². The maximum absolute atomic E-state index is 12.1. The first-order valence-corrected chi connectivity index (χ1v) is 7.28. The molecule has 3 N–H and O–H groups in total. The Labute approximate surface area is 129 Å². The van der Waals surface area contributed by atoms with Crippen LogP contribution in [0.2, 0.25) is 5.02 Å². The van der Waals surface area contributed by atoms with E-state index in [2.05, 4.69) is 10.6 Å². The van der Waals surface area contributed by atoms with E-state index in [4.69, 9.17) is 16.7 Å². The standard InChI is InChI=1S/C15H21ClN2O3/c1-10(2)13(15(21)17-8-3-9-19)18-14(20)11-4-6-12(16)7-5-11/h4-7,10,13,19H,3,8-9H2,1-2H3,(H,17,21)(H,18,20). The van der Waals surface area contributed by atoms with Gasteiger partial charge in [-0.2, -0.15) is 0 Å². The van der Waals surface area contributed by atoms with Crippen LogP contribution in [-0.2, 0) is 4.79 Å². The largest absolute Gasteiger partial charge is 0.396 e. The number of hydrogen-bond acceptors (Lipinski definition) is 3. The SMILES string of the molecule is CC(C)C(NC(=O)c1ccc(Cl)cc1)C(=O)NCCCO. The van der Waals surface area contributed by atoms with Crippen LogP contribution in [0.15, 0.2) is 24.3 Å². The number of carbonyl (C=O) groups is 2. The fourth-order valence-electron chi connectivity index (χ4n) is 1.76. The summed E-state index contributed by atoms with van der Waals surface area (Å²) in [5.74, 6) is -0.612. The fourth-order valence-corrected chi connectivity index (χ4v) is 1.89. The third-order valence-electron chi connectivity index (χ3n) is 2.98. The summed E-state index contributed by atoms with van der Waals surface area (Å²) in [6, 6.07) is 5.86. The van der Waals surface area contributed by atoms with E-state index in [-0.39, 0.29) is 24.3 Å². The lowest BCUT2D eigenvalue weighted by molar-refractivity contribution is -0.123. The van der Waals surface area contributed by atoms with Gasteiger partial charge in [0.1, 0.15) is 6.04 Å².